The molecule has 2 aromatic rings. The normalized spacial score (nSPS) is 18.1. The van der Waals surface area contributed by atoms with Crippen molar-refractivity contribution >= 4 is 49.9 Å². The van der Waals surface area contributed by atoms with Gasteiger partial charge in [-0.3, -0.25) is 10.2 Å². The van der Waals surface area contributed by atoms with Gasteiger partial charge in [-0.15, -0.1) is 0 Å². The fourth-order valence-corrected chi connectivity index (χ4v) is 4.87. The zero-order valence-corrected chi connectivity index (χ0v) is 17.3. The quantitative estimate of drug-likeness (QED) is 0.598. The highest BCUT2D eigenvalue weighted by Gasteiger charge is 2.41. The molecule has 0 spiro atoms. The number of nitrogens with one attached hydrogen (secondary N) is 1. The number of carbonyl (C=O) groups excluding carboxylic acids is 1. The molecule has 2 aliphatic rings. The number of fused-ring (bicyclic) bond motifs is 1. The highest BCUT2D eigenvalue weighted by molar-refractivity contribution is 8.16. The van der Waals surface area contributed by atoms with Crippen LogP contribution in [0.15, 0.2) is 57.6 Å². The van der Waals surface area contributed by atoms with Crippen LogP contribution in [0.1, 0.15) is 18.2 Å². The van der Waals surface area contributed by atoms with Crippen molar-refractivity contribution in [2.45, 2.75) is 13.3 Å². The van der Waals surface area contributed by atoms with Crippen LogP contribution in [0, 0.1) is 5.41 Å². The van der Waals surface area contributed by atoms with Crippen LogP contribution in [-0.2, 0) is 21.1 Å². The Labute approximate surface area is 172 Å². The van der Waals surface area contributed by atoms with Crippen LogP contribution in [-0.4, -0.2) is 46.2 Å². The maximum absolute atomic E-state index is 12.5. The molecule has 0 aliphatic carbocycles. The number of aryl methyl sites for hydroxylation is 1. The summed E-state index contributed by atoms with van der Waals surface area (Å²) in [6, 6.07) is 11.7. The molecule has 1 aromatic carbocycles. The van der Waals surface area contributed by atoms with Gasteiger partial charge in [0, 0.05) is 23.8 Å². The van der Waals surface area contributed by atoms with Gasteiger partial charge in [0.2, 0.25) is 20.2 Å². The molecule has 0 saturated carbocycles. The first-order chi connectivity index (χ1) is 13.8. The zero-order chi connectivity index (χ0) is 20.8. The molecule has 0 fully saturated rings. The van der Waals surface area contributed by atoms with E-state index in [1.807, 2.05) is 47.2 Å². The maximum Gasteiger partial charge on any atom is 0.283 e. The minimum atomic E-state index is -3.68. The molecule has 1 amide bonds. The van der Waals surface area contributed by atoms with E-state index >= 15 is 0 Å². The van der Waals surface area contributed by atoms with E-state index in [9.17, 15) is 13.2 Å². The zero-order valence-electron chi connectivity index (χ0n) is 15.7. The molecule has 1 N–H and O–H groups in total. The molecule has 0 radical (unpaired) electrons. The van der Waals surface area contributed by atoms with E-state index in [1.165, 1.54) is 5.56 Å². The molecular formula is C19H17N5O3S2. The third-order valence-electron chi connectivity index (χ3n) is 4.52. The molecule has 3 heterocycles. The van der Waals surface area contributed by atoms with E-state index in [-0.39, 0.29) is 21.7 Å². The molecule has 1 aromatic heterocycles. The van der Waals surface area contributed by atoms with Gasteiger partial charge in [0.05, 0.1) is 17.5 Å². The Bertz CT molecular complexity index is 1220. The summed E-state index contributed by atoms with van der Waals surface area (Å²) in [5.41, 5.74) is 2.79. The van der Waals surface area contributed by atoms with Crippen LogP contribution in [0.3, 0.4) is 0 Å². The Morgan fingerprint density at radius 2 is 1.93 bits per heavy atom. The number of aliphatic imine (C=N–C) groups is 1. The summed E-state index contributed by atoms with van der Waals surface area (Å²) in [6.07, 6.45) is 5.34. The van der Waals surface area contributed by atoms with Crippen molar-refractivity contribution < 1.29 is 13.2 Å². The van der Waals surface area contributed by atoms with E-state index in [4.69, 9.17) is 5.41 Å². The van der Waals surface area contributed by atoms with Crippen molar-refractivity contribution in [3.8, 4) is 5.69 Å². The van der Waals surface area contributed by atoms with Gasteiger partial charge < -0.3 is 4.57 Å². The van der Waals surface area contributed by atoms with Gasteiger partial charge in [-0.05, 0) is 42.3 Å². The lowest BCUT2D eigenvalue weighted by Crippen LogP contribution is -2.45. The summed E-state index contributed by atoms with van der Waals surface area (Å²) >= 11 is 0.773. The molecule has 0 unspecified atom stereocenters. The van der Waals surface area contributed by atoms with Crippen molar-refractivity contribution in [2.75, 3.05) is 6.26 Å². The lowest BCUT2D eigenvalue weighted by molar-refractivity contribution is -0.114. The highest BCUT2D eigenvalue weighted by Crippen LogP contribution is 2.30. The molecule has 10 heteroatoms. The standard InChI is InChI=1S/C19H17N5O3S2/c1-3-12-6-8-13(9-7-12)23-10-4-5-14(23)11-15-16(20)24-18(21-17(15)25)28-22-19(24)29(2,26)27/h4-11,20H,3H2,1-2H3. The number of hydrogen-bond donors (Lipinski definition) is 1. The maximum atomic E-state index is 12.5. The number of amides is 1. The third kappa shape index (κ3) is 3.45. The second-order valence-corrected chi connectivity index (χ2v) is 9.14. The SMILES string of the molecule is CCc1ccc(-n2cccc2C=C2C(=N)N3C(=NC2=O)SN=C3S(C)(=O)=O)cc1. The molecule has 148 valence electrons. The van der Waals surface area contributed by atoms with Crippen molar-refractivity contribution in [1.29, 1.82) is 5.41 Å². The minimum Gasteiger partial charge on any atom is -0.317 e. The third-order valence-corrected chi connectivity index (χ3v) is 6.28. The largest absolute Gasteiger partial charge is 0.317 e. The number of sulfone groups is 1. The van der Waals surface area contributed by atoms with Crippen LogP contribution in [0.2, 0.25) is 0 Å². The van der Waals surface area contributed by atoms with E-state index in [2.05, 4.69) is 16.3 Å². The number of amidine groups is 3. The van der Waals surface area contributed by atoms with Gasteiger partial charge in [-0.2, -0.15) is 9.39 Å². The van der Waals surface area contributed by atoms with Crippen molar-refractivity contribution in [2.24, 2.45) is 9.39 Å². The van der Waals surface area contributed by atoms with Crippen LogP contribution in [0.4, 0.5) is 0 Å². The van der Waals surface area contributed by atoms with Crippen LogP contribution in [0.25, 0.3) is 11.8 Å². The lowest BCUT2D eigenvalue weighted by Gasteiger charge is -2.23. The number of aromatic nitrogens is 1. The molecule has 2 aliphatic heterocycles. The molecule has 0 saturated heterocycles. The van der Waals surface area contributed by atoms with Crippen molar-refractivity contribution in [3.05, 3.63) is 59.4 Å². The van der Waals surface area contributed by atoms with Crippen LogP contribution in [0.5, 0.6) is 0 Å². The summed E-state index contributed by atoms with van der Waals surface area (Å²) < 4.78 is 29.7. The summed E-state index contributed by atoms with van der Waals surface area (Å²) in [4.78, 5) is 17.5. The van der Waals surface area contributed by atoms with Crippen molar-refractivity contribution in [1.82, 2.24) is 9.47 Å². The molecular weight excluding hydrogens is 410 g/mol. The minimum absolute atomic E-state index is 0.00210. The first-order valence-corrected chi connectivity index (χ1v) is 11.4. The predicted molar refractivity (Wildman–Crippen MR) is 115 cm³/mol. The monoisotopic (exact) mass is 427 g/mol. The first kappa shape index (κ1) is 19.3. The number of rotatable bonds is 3. The second kappa shape index (κ2) is 7.12. The highest BCUT2D eigenvalue weighted by atomic mass is 32.2. The summed E-state index contributed by atoms with van der Waals surface area (Å²) in [6.45, 7) is 2.08. The number of carbonyl (C=O) groups is 1. The van der Waals surface area contributed by atoms with Gasteiger partial charge in [0.1, 0.15) is 5.84 Å². The fraction of sp³-hybridized carbons (Fsp3) is 0.158. The van der Waals surface area contributed by atoms with Gasteiger partial charge in [0.15, 0.2) is 0 Å². The molecule has 8 nitrogen and oxygen atoms in total. The van der Waals surface area contributed by atoms with Crippen LogP contribution < -0.4 is 0 Å². The number of hydrogen-bond acceptors (Lipinski definition) is 6. The first-order valence-electron chi connectivity index (χ1n) is 8.75. The summed E-state index contributed by atoms with van der Waals surface area (Å²) in [5, 5.41) is 8.21. The fourth-order valence-electron chi connectivity index (χ4n) is 3.02. The average Bonchev–Trinajstić information content (AvgIpc) is 3.32. The van der Waals surface area contributed by atoms with Gasteiger partial charge >= 0.3 is 0 Å². The van der Waals surface area contributed by atoms with E-state index in [1.54, 1.807) is 6.08 Å². The van der Waals surface area contributed by atoms with E-state index < -0.39 is 15.7 Å². The smallest absolute Gasteiger partial charge is 0.283 e. The van der Waals surface area contributed by atoms with Crippen LogP contribution >= 0.6 is 11.9 Å². The van der Waals surface area contributed by atoms with Crippen molar-refractivity contribution in [3.63, 3.8) is 0 Å². The topological polar surface area (TPSA) is 108 Å². The average molecular weight is 428 g/mol. The number of nitrogens with zero attached hydrogens (tertiary/aromatic N) is 4. The summed E-state index contributed by atoms with van der Waals surface area (Å²) in [7, 11) is -3.68. The molecule has 0 bridgehead atoms. The lowest BCUT2D eigenvalue weighted by atomic mass is 10.1. The van der Waals surface area contributed by atoms with E-state index in [0.29, 0.717) is 5.69 Å². The Kier molecular flexibility index (Phi) is 4.75. The van der Waals surface area contributed by atoms with Gasteiger partial charge in [0.25, 0.3) is 5.91 Å². The Morgan fingerprint density at radius 3 is 2.59 bits per heavy atom. The number of benzene rings is 1. The Morgan fingerprint density at radius 1 is 1.21 bits per heavy atom. The predicted octanol–water partition coefficient (Wildman–Crippen LogP) is 2.66. The second-order valence-electron chi connectivity index (χ2n) is 6.50. The van der Waals surface area contributed by atoms with Gasteiger partial charge in [-0.25, -0.2) is 13.3 Å². The summed E-state index contributed by atoms with van der Waals surface area (Å²) in [5.74, 6) is -0.865. The Balaban J connectivity index is 1.74. The molecule has 0 atom stereocenters. The Hall–Kier alpha value is -2.98. The molecule has 29 heavy (non-hydrogen) atoms. The van der Waals surface area contributed by atoms with Gasteiger partial charge in [-0.1, -0.05) is 19.1 Å². The molecule has 4 rings (SSSR count). The van der Waals surface area contributed by atoms with E-state index in [0.717, 1.165) is 35.2 Å².